The van der Waals surface area contributed by atoms with Crippen molar-refractivity contribution < 1.29 is 0 Å². The van der Waals surface area contributed by atoms with Gasteiger partial charge < -0.3 is 19.6 Å². The highest BCUT2D eigenvalue weighted by Crippen LogP contribution is 2.55. The summed E-state index contributed by atoms with van der Waals surface area (Å²) in [5, 5.41) is 7.00. The van der Waals surface area contributed by atoms with Crippen molar-refractivity contribution in [1.29, 1.82) is 0 Å². The summed E-state index contributed by atoms with van der Waals surface area (Å²) in [5.41, 5.74) is 20.3. The molecule has 0 aliphatic rings. The Hall–Kier alpha value is -9.12. The van der Waals surface area contributed by atoms with E-state index in [0.717, 1.165) is 89.8 Å². The molecule has 358 valence electrons. The van der Waals surface area contributed by atoms with E-state index in [1.54, 1.807) is 0 Å². The largest absolute Gasteiger partial charge is 0.310 e. The third-order valence-electron chi connectivity index (χ3n) is 14.6. The van der Waals surface area contributed by atoms with Gasteiger partial charge in [-0.05, 0) is 151 Å². The second-order valence-corrected chi connectivity index (χ2v) is 19.9. The Morgan fingerprint density at radius 1 is 0.189 bits per heavy atom. The molecular weight excluding hydrogens is 897 g/mol. The van der Waals surface area contributed by atoms with E-state index in [-0.39, 0.29) is 0 Å². The monoisotopic (exact) mass is 954 g/mol. The zero-order chi connectivity index (χ0) is 50.5. The predicted molar refractivity (Wildman–Crippen MR) is 317 cm³/mol. The molecule has 0 amide bonds. The quantitative estimate of drug-likeness (QED) is 0.113. The molecular formula is C70H58N4. The second-order valence-electron chi connectivity index (χ2n) is 19.9. The minimum atomic E-state index is 1.08. The molecule has 0 fully saturated rings. The molecule has 0 aliphatic heterocycles. The predicted octanol–water partition coefficient (Wildman–Crippen LogP) is 20.3. The van der Waals surface area contributed by atoms with Crippen LogP contribution in [-0.2, 0) is 0 Å². The van der Waals surface area contributed by atoms with Crippen molar-refractivity contribution in [2.75, 3.05) is 19.6 Å². The fourth-order valence-corrected chi connectivity index (χ4v) is 10.7. The first kappa shape index (κ1) is 46.0. The van der Waals surface area contributed by atoms with E-state index in [1.807, 2.05) is 0 Å². The third-order valence-corrected chi connectivity index (χ3v) is 14.6. The number of rotatable bonds is 12. The molecule has 0 aromatic heterocycles. The van der Waals surface area contributed by atoms with Crippen LogP contribution in [-0.4, -0.2) is 0 Å². The molecule has 0 atom stereocenters. The van der Waals surface area contributed by atoms with Crippen LogP contribution in [0.1, 0.15) is 33.4 Å². The van der Waals surface area contributed by atoms with Gasteiger partial charge in [-0.3, -0.25) is 0 Å². The fourth-order valence-electron chi connectivity index (χ4n) is 10.7. The normalized spacial score (nSPS) is 11.4. The van der Waals surface area contributed by atoms with Crippen LogP contribution in [0, 0.1) is 41.5 Å². The summed E-state index contributed by atoms with van der Waals surface area (Å²) in [4.78, 5) is 9.82. The summed E-state index contributed by atoms with van der Waals surface area (Å²) in [6, 6.07) is 89.9. The number of hydrogen-bond acceptors (Lipinski definition) is 4. The van der Waals surface area contributed by atoms with Gasteiger partial charge in [0.05, 0.1) is 22.7 Å². The molecule has 0 unspecified atom stereocenters. The Kier molecular flexibility index (Phi) is 11.9. The first-order chi connectivity index (χ1) is 36.2. The molecule has 4 heteroatoms. The third kappa shape index (κ3) is 8.44. The fraction of sp³-hybridized carbons (Fsp3) is 0.0857. The topological polar surface area (TPSA) is 13.0 Å². The summed E-state index contributed by atoms with van der Waals surface area (Å²) in [6.07, 6.45) is 0. The van der Waals surface area contributed by atoms with Crippen LogP contribution in [0.2, 0.25) is 0 Å². The maximum atomic E-state index is 2.46. The average molecular weight is 955 g/mol. The Morgan fingerprint density at radius 3 is 0.554 bits per heavy atom. The lowest BCUT2D eigenvalue weighted by atomic mass is 9.89. The molecule has 0 heterocycles. The van der Waals surface area contributed by atoms with E-state index in [2.05, 4.69) is 304 Å². The SMILES string of the molecule is Cc1ccc(N(c2ccccc2)c2cc(N(c3ccc(C)cc3)c3ccc(C)cc3)c3ccc4c(N(c5ccccc5)c5ccc(C)cc5)cc(N(c5ccc(C)cc5)c5ccc(C)cc5)c5ccc2c3c45)cc1. The van der Waals surface area contributed by atoms with Crippen molar-refractivity contribution in [2.45, 2.75) is 41.5 Å². The average Bonchev–Trinajstić information content (AvgIpc) is 3.43. The molecule has 0 saturated carbocycles. The molecule has 74 heavy (non-hydrogen) atoms. The van der Waals surface area contributed by atoms with Crippen LogP contribution in [0.4, 0.5) is 68.2 Å². The Morgan fingerprint density at radius 2 is 0.365 bits per heavy atom. The van der Waals surface area contributed by atoms with Crippen molar-refractivity contribution in [3.05, 3.63) is 276 Å². The lowest BCUT2D eigenvalue weighted by Gasteiger charge is -2.34. The zero-order valence-electron chi connectivity index (χ0n) is 42.9. The molecule has 12 rings (SSSR count). The van der Waals surface area contributed by atoms with Crippen LogP contribution in [0.3, 0.4) is 0 Å². The second kappa shape index (κ2) is 19.1. The van der Waals surface area contributed by atoms with E-state index in [4.69, 9.17) is 0 Å². The van der Waals surface area contributed by atoms with E-state index >= 15 is 0 Å². The van der Waals surface area contributed by atoms with Gasteiger partial charge in [0, 0.05) is 77.8 Å². The first-order valence-electron chi connectivity index (χ1n) is 25.7. The number of hydrogen-bond donors (Lipinski definition) is 0. The molecule has 0 spiro atoms. The summed E-state index contributed by atoms with van der Waals surface area (Å²) in [6.45, 7) is 13.0. The van der Waals surface area contributed by atoms with Gasteiger partial charge in [0.1, 0.15) is 0 Å². The summed E-state index contributed by atoms with van der Waals surface area (Å²) in [7, 11) is 0. The number of para-hydroxylation sites is 2. The molecule has 0 radical (unpaired) electrons. The standard InChI is InChI=1S/C70H58N4/c1-47-17-29-55(30-18-47)71(53-13-9-7-10-14-53)65-45-67(73(57-33-21-49(3)22-34-57)58-35-23-50(4)24-36-58)63-44-42-62-66(72(54-15-11-8-12-16-54)56-31-19-48(2)20-32-56)46-68(64-43-41-61(65)69(63)70(62)64)74(59-37-25-51(5)26-38-59)60-39-27-52(6)28-40-60/h7-46H,1-6H3. The molecule has 12 aromatic carbocycles. The molecule has 0 N–H and O–H groups in total. The van der Waals surface area contributed by atoms with Gasteiger partial charge in [-0.2, -0.15) is 0 Å². The summed E-state index contributed by atoms with van der Waals surface area (Å²) >= 11 is 0. The van der Waals surface area contributed by atoms with Gasteiger partial charge in [0.25, 0.3) is 0 Å². The van der Waals surface area contributed by atoms with E-state index < -0.39 is 0 Å². The van der Waals surface area contributed by atoms with E-state index in [9.17, 15) is 0 Å². The summed E-state index contributed by atoms with van der Waals surface area (Å²) in [5.74, 6) is 0. The van der Waals surface area contributed by atoms with Gasteiger partial charge in [0.15, 0.2) is 0 Å². The molecule has 0 aliphatic carbocycles. The minimum Gasteiger partial charge on any atom is -0.310 e. The molecule has 12 aromatic rings. The van der Waals surface area contributed by atoms with Gasteiger partial charge in [-0.15, -0.1) is 0 Å². The lowest BCUT2D eigenvalue weighted by Crippen LogP contribution is -2.16. The first-order valence-corrected chi connectivity index (χ1v) is 25.7. The molecule has 0 bridgehead atoms. The van der Waals surface area contributed by atoms with Crippen molar-refractivity contribution in [1.82, 2.24) is 0 Å². The van der Waals surface area contributed by atoms with E-state index in [1.165, 1.54) is 44.2 Å². The van der Waals surface area contributed by atoms with Crippen molar-refractivity contribution in [3.63, 3.8) is 0 Å². The van der Waals surface area contributed by atoms with Crippen molar-refractivity contribution in [2.24, 2.45) is 0 Å². The molecule has 4 nitrogen and oxygen atoms in total. The highest BCUT2D eigenvalue weighted by atomic mass is 15.2. The van der Waals surface area contributed by atoms with Crippen LogP contribution in [0.5, 0.6) is 0 Å². The van der Waals surface area contributed by atoms with Crippen LogP contribution in [0.15, 0.2) is 243 Å². The van der Waals surface area contributed by atoms with Crippen LogP contribution >= 0.6 is 0 Å². The lowest BCUT2D eigenvalue weighted by molar-refractivity contribution is 1.25. The van der Waals surface area contributed by atoms with E-state index in [0.29, 0.717) is 0 Å². The van der Waals surface area contributed by atoms with Crippen LogP contribution in [0.25, 0.3) is 32.3 Å². The van der Waals surface area contributed by atoms with Gasteiger partial charge in [-0.25, -0.2) is 0 Å². The summed E-state index contributed by atoms with van der Waals surface area (Å²) < 4.78 is 0. The van der Waals surface area contributed by atoms with Crippen molar-refractivity contribution >= 4 is 101 Å². The zero-order valence-corrected chi connectivity index (χ0v) is 42.9. The van der Waals surface area contributed by atoms with Gasteiger partial charge in [0.2, 0.25) is 0 Å². The Bertz CT molecular complexity index is 3550. The van der Waals surface area contributed by atoms with Crippen LogP contribution < -0.4 is 19.6 Å². The number of anilines is 12. The van der Waals surface area contributed by atoms with Gasteiger partial charge >= 0.3 is 0 Å². The maximum absolute atomic E-state index is 2.46. The smallest absolute Gasteiger partial charge is 0.0561 e. The Balaban J connectivity index is 1.28. The number of nitrogens with zero attached hydrogens (tertiary/aromatic N) is 4. The highest BCUT2D eigenvalue weighted by Gasteiger charge is 2.29. The minimum absolute atomic E-state index is 1.08. The molecule has 0 saturated heterocycles. The Labute approximate surface area is 435 Å². The van der Waals surface area contributed by atoms with Gasteiger partial charge in [-0.1, -0.05) is 167 Å². The maximum Gasteiger partial charge on any atom is 0.0561 e. The highest BCUT2D eigenvalue weighted by molar-refractivity contribution is 6.33. The number of benzene rings is 12. The number of aryl methyl sites for hydroxylation is 6. The van der Waals surface area contributed by atoms with Crippen molar-refractivity contribution in [3.8, 4) is 0 Å².